The third-order valence-electron chi connectivity index (χ3n) is 6.49. The van der Waals surface area contributed by atoms with Crippen LogP contribution in [0.4, 0.5) is 4.39 Å². The van der Waals surface area contributed by atoms with E-state index in [4.69, 9.17) is 4.74 Å². The second-order valence-electron chi connectivity index (χ2n) is 8.46. The SMILES string of the molecule is C/C=C\C(COC1CC2CCC(C1)N2CCCn1nc2ncccn2c1=O)=C(\F)CC. The largest absolute Gasteiger partial charge is 0.373 e. The van der Waals surface area contributed by atoms with Crippen LogP contribution in [0, 0.1) is 0 Å². The Morgan fingerprint density at radius 2 is 2.06 bits per heavy atom. The molecule has 0 aromatic carbocycles. The number of aryl methyl sites for hydroxylation is 1. The van der Waals surface area contributed by atoms with Gasteiger partial charge in [0.25, 0.3) is 5.78 Å². The minimum atomic E-state index is -0.137. The monoisotopic (exact) mass is 429 g/mol. The Bertz CT molecular complexity index is 997. The molecule has 7 nitrogen and oxygen atoms in total. The summed E-state index contributed by atoms with van der Waals surface area (Å²) in [6.07, 6.45) is 12.8. The molecule has 0 aliphatic carbocycles. The molecule has 0 amide bonds. The lowest BCUT2D eigenvalue weighted by atomic mass is 9.99. The number of rotatable bonds is 9. The van der Waals surface area contributed by atoms with E-state index in [9.17, 15) is 9.18 Å². The number of nitrogens with zero attached hydrogens (tertiary/aromatic N) is 5. The minimum absolute atomic E-state index is 0.0871. The van der Waals surface area contributed by atoms with Crippen molar-refractivity contribution in [3.8, 4) is 0 Å². The molecule has 2 aromatic rings. The first-order valence-corrected chi connectivity index (χ1v) is 11.4. The Hall–Kier alpha value is -2.32. The summed E-state index contributed by atoms with van der Waals surface area (Å²) in [5, 5.41) is 4.31. The van der Waals surface area contributed by atoms with Gasteiger partial charge in [0.1, 0.15) is 5.83 Å². The van der Waals surface area contributed by atoms with Gasteiger partial charge in [0.2, 0.25) is 0 Å². The van der Waals surface area contributed by atoms with Crippen LogP contribution in [0.3, 0.4) is 0 Å². The van der Waals surface area contributed by atoms with Gasteiger partial charge in [-0.15, -0.1) is 5.10 Å². The molecule has 4 heterocycles. The van der Waals surface area contributed by atoms with E-state index in [1.54, 1.807) is 18.5 Å². The molecular formula is C23H32FN5O2. The summed E-state index contributed by atoms with van der Waals surface area (Å²) in [5.74, 6) is 0.354. The van der Waals surface area contributed by atoms with Crippen LogP contribution in [0.1, 0.15) is 52.4 Å². The van der Waals surface area contributed by atoms with Crippen molar-refractivity contribution in [3.63, 3.8) is 0 Å². The molecule has 31 heavy (non-hydrogen) atoms. The highest BCUT2D eigenvalue weighted by atomic mass is 19.1. The van der Waals surface area contributed by atoms with E-state index in [0.717, 1.165) is 25.8 Å². The second kappa shape index (κ2) is 9.87. The molecule has 2 aromatic heterocycles. The summed E-state index contributed by atoms with van der Waals surface area (Å²) < 4.78 is 23.2. The third kappa shape index (κ3) is 4.80. The number of allylic oxidation sites excluding steroid dienone is 2. The fourth-order valence-corrected chi connectivity index (χ4v) is 4.99. The molecule has 168 valence electrons. The van der Waals surface area contributed by atoms with Crippen LogP contribution in [0.2, 0.25) is 0 Å². The lowest BCUT2D eigenvalue weighted by Gasteiger charge is -2.39. The zero-order chi connectivity index (χ0) is 21.8. The topological polar surface area (TPSA) is 64.7 Å². The maximum atomic E-state index is 14.0. The van der Waals surface area contributed by atoms with Crippen LogP contribution in [0.25, 0.3) is 5.78 Å². The smallest absolute Gasteiger partial charge is 0.351 e. The Balaban J connectivity index is 1.29. The Morgan fingerprint density at radius 3 is 2.74 bits per heavy atom. The number of piperidine rings is 1. The van der Waals surface area contributed by atoms with Crippen molar-refractivity contribution in [2.45, 2.75) is 77.1 Å². The van der Waals surface area contributed by atoms with Crippen LogP contribution in [-0.4, -0.2) is 55.4 Å². The minimum Gasteiger partial charge on any atom is -0.373 e. The molecule has 2 bridgehead atoms. The van der Waals surface area contributed by atoms with Gasteiger partial charge >= 0.3 is 5.69 Å². The molecule has 2 aliphatic rings. The molecular weight excluding hydrogens is 397 g/mol. The normalized spacial score (nSPS) is 24.9. The van der Waals surface area contributed by atoms with Crippen molar-refractivity contribution >= 4 is 5.78 Å². The Kier molecular flexibility index (Phi) is 6.97. The fraction of sp³-hybridized carbons (Fsp3) is 0.609. The molecule has 8 heteroatoms. The molecule has 0 saturated carbocycles. The highest BCUT2D eigenvalue weighted by molar-refractivity contribution is 5.23. The van der Waals surface area contributed by atoms with Crippen molar-refractivity contribution < 1.29 is 9.13 Å². The van der Waals surface area contributed by atoms with Crippen molar-refractivity contribution in [2.24, 2.45) is 0 Å². The van der Waals surface area contributed by atoms with Gasteiger partial charge in [0, 0.05) is 43.1 Å². The quantitative estimate of drug-likeness (QED) is 0.571. The highest BCUT2D eigenvalue weighted by Crippen LogP contribution is 2.37. The predicted molar refractivity (Wildman–Crippen MR) is 118 cm³/mol. The number of hydrogen-bond donors (Lipinski definition) is 0. The van der Waals surface area contributed by atoms with E-state index in [2.05, 4.69) is 15.0 Å². The zero-order valence-corrected chi connectivity index (χ0v) is 18.4. The average Bonchev–Trinajstić information content (AvgIpc) is 3.22. The summed E-state index contributed by atoms with van der Waals surface area (Å²) >= 11 is 0. The molecule has 2 atom stereocenters. The van der Waals surface area contributed by atoms with Gasteiger partial charge < -0.3 is 4.74 Å². The van der Waals surface area contributed by atoms with Crippen LogP contribution < -0.4 is 5.69 Å². The van der Waals surface area contributed by atoms with Crippen LogP contribution in [0.5, 0.6) is 0 Å². The molecule has 4 rings (SSSR count). The molecule has 0 N–H and O–H groups in total. The number of ether oxygens (including phenoxy) is 1. The molecule has 2 aliphatic heterocycles. The molecule has 2 fully saturated rings. The van der Waals surface area contributed by atoms with Gasteiger partial charge in [-0.05, 0) is 51.5 Å². The summed E-state index contributed by atoms with van der Waals surface area (Å²) in [6.45, 7) is 5.61. The van der Waals surface area contributed by atoms with Gasteiger partial charge in [-0.2, -0.15) is 0 Å². The van der Waals surface area contributed by atoms with Crippen molar-refractivity contribution in [1.82, 2.24) is 24.1 Å². The summed E-state index contributed by atoms with van der Waals surface area (Å²) in [7, 11) is 0. The molecule has 0 radical (unpaired) electrons. The predicted octanol–water partition coefficient (Wildman–Crippen LogP) is 3.50. The first-order valence-electron chi connectivity index (χ1n) is 11.4. The number of hydrogen-bond acceptors (Lipinski definition) is 5. The van der Waals surface area contributed by atoms with Crippen LogP contribution in [-0.2, 0) is 11.3 Å². The van der Waals surface area contributed by atoms with Crippen molar-refractivity contribution in [2.75, 3.05) is 13.2 Å². The second-order valence-corrected chi connectivity index (χ2v) is 8.46. The first-order chi connectivity index (χ1) is 15.1. The Labute approximate surface area is 182 Å². The van der Waals surface area contributed by atoms with Gasteiger partial charge in [-0.1, -0.05) is 19.1 Å². The maximum absolute atomic E-state index is 14.0. The van der Waals surface area contributed by atoms with Gasteiger partial charge in [0.15, 0.2) is 0 Å². The van der Waals surface area contributed by atoms with Gasteiger partial charge in [-0.25, -0.2) is 23.3 Å². The summed E-state index contributed by atoms with van der Waals surface area (Å²) in [6, 6.07) is 2.75. The highest BCUT2D eigenvalue weighted by Gasteiger charge is 2.40. The third-order valence-corrected chi connectivity index (χ3v) is 6.49. The van der Waals surface area contributed by atoms with E-state index < -0.39 is 0 Å². The number of fused-ring (bicyclic) bond motifs is 3. The van der Waals surface area contributed by atoms with E-state index in [-0.39, 0.29) is 17.6 Å². The van der Waals surface area contributed by atoms with Crippen molar-refractivity contribution in [1.29, 1.82) is 0 Å². The Morgan fingerprint density at radius 1 is 1.29 bits per heavy atom. The van der Waals surface area contributed by atoms with Crippen LogP contribution >= 0.6 is 0 Å². The van der Waals surface area contributed by atoms with E-state index in [1.807, 2.05) is 26.0 Å². The summed E-state index contributed by atoms with van der Waals surface area (Å²) in [4.78, 5) is 19.1. The number of aromatic nitrogens is 4. The fourth-order valence-electron chi connectivity index (χ4n) is 4.99. The average molecular weight is 430 g/mol. The molecule has 2 saturated heterocycles. The van der Waals surface area contributed by atoms with E-state index in [0.29, 0.717) is 43.0 Å². The van der Waals surface area contributed by atoms with Crippen LogP contribution in [0.15, 0.2) is 46.8 Å². The van der Waals surface area contributed by atoms with Gasteiger partial charge in [0.05, 0.1) is 12.7 Å². The number of halogens is 1. The lowest BCUT2D eigenvalue weighted by Crippen LogP contribution is -2.46. The standard InChI is InChI=1S/C23H32FN5O2/c1-3-7-17(21(24)4-2)16-31-20-14-18-8-9-19(15-20)27(18)12-6-13-29-23(30)28-11-5-10-25-22(28)26-29/h3,5,7,10-11,18-20H,4,6,8-9,12-16H2,1-2H3/b7-3-,21-17-. The van der Waals surface area contributed by atoms with Gasteiger partial charge in [-0.3, -0.25) is 4.90 Å². The van der Waals surface area contributed by atoms with E-state index in [1.165, 1.54) is 21.9 Å². The zero-order valence-electron chi connectivity index (χ0n) is 18.4. The summed E-state index contributed by atoms with van der Waals surface area (Å²) in [5.41, 5.74) is 0.523. The lowest BCUT2D eigenvalue weighted by molar-refractivity contribution is -0.0114. The maximum Gasteiger partial charge on any atom is 0.351 e. The molecule has 2 unspecified atom stereocenters. The first kappa shape index (κ1) is 21.9. The van der Waals surface area contributed by atoms with Crippen molar-refractivity contribution in [3.05, 3.63) is 52.5 Å². The van der Waals surface area contributed by atoms with E-state index >= 15 is 0 Å². The molecule has 0 spiro atoms.